The van der Waals surface area contributed by atoms with Crippen LogP contribution in [0.2, 0.25) is 0 Å². The third-order valence-corrected chi connectivity index (χ3v) is 6.79. The van der Waals surface area contributed by atoms with E-state index in [0.717, 1.165) is 6.07 Å². The minimum Gasteiger partial charge on any atom is -0.455 e. The number of carbonyl (C=O) groups is 1. The molecule has 0 fully saturated rings. The van der Waals surface area contributed by atoms with E-state index in [0.29, 0.717) is 0 Å². The molecule has 0 saturated heterocycles. The van der Waals surface area contributed by atoms with Gasteiger partial charge in [0.25, 0.3) is 10.0 Å². The molecule has 1 heterocycles. The summed E-state index contributed by atoms with van der Waals surface area (Å²) in [6.07, 6.45) is 0. The first-order valence-corrected chi connectivity index (χ1v) is 11.5. The maximum atomic E-state index is 12.4. The van der Waals surface area contributed by atoms with E-state index in [2.05, 4.69) is 0 Å². The summed E-state index contributed by atoms with van der Waals surface area (Å²) in [5, 5.41) is 8.86. The van der Waals surface area contributed by atoms with Crippen molar-refractivity contribution in [3.05, 3.63) is 83.8 Å². The smallest absolute Gasteiger partial charge is 0.301 e. The van der Waals surface area contributed by atoms with Crippen LogP contribution in [0.5, 0.6) is 0 Å². The van der Waals surface area contributed by atoms with Crippen LogP contribution in [0.1, 0.15) is 21.9 Å². The monoisotopic (exact) mass is 445 g/mol. The van der Waals surface area contributed by atoms with Crippen molar-refractivity contribution in [2.75, 3.05) is 0 Å². The quantitative estimate of drug-likeness (QED) is 0.527. The predicted octanol–water partition coefficient (Wildman–Crippen LogP) is 1.75. The number of hydrogen-bond donors (Lipinski definition) is 2. The largest absolute Gasteiger partial charge is 0.455 e. The van der Waals surface area contributed by atoms with E-state index < -0.39 is 31.5 Å². The molecular formula is C19H15N3O6S2. The summed E-state index contributed by atoms with van der Waals surface area (Å²) in [6, 6.07) is 17.4. The molecule has 154 valence electrons. The summed E-state index contributed by atoms with van der Waals surface area (Å²) in [6.45, 7) is 0. The van der Waals surface area contributed by atoms with Crippen LogP contribution in [0, 0.1) is 11.3 Å². The Balaban J connectivity index is 1.67. The van der Waals surface area contributed by atoms with Crippen molar-refractivity contribution in [2.24, 2.45) is 0 Å². The second-order valence-electron chi connectivity index (χ2n) is 6.04. The summed E-state index contributed by atoms with van der Waals surface area (Å²) >= 11 is 0. The third kappa shape index (κ3) is 4.93. The van der Waals surface area contributed by atoms with Crippen molar-refractivity contribution in [2.45, 2.75) is 15.5 Å². The Morgan fingerprint density at radius 1 is 0.933 bits per heavy atom. The highest BCUT2D eigenvalue weighted by Crippen LogP contribution is 2.18. The van der Waals surface area contributed by atoms with Crippen LogP contribution in [0.3, 0.4) is 0 Å². The molecule has 0 atom stereocenters. The van der Waals surface area contributed by atoms with Gasteiger partial charge in [-0.05, 0) is 42.5 Å². The number of hydrogen-bond acceptors (Lipinski definition) is 7. The Morgan fingerprint density at radius 2 is 1.63 bits per heavy atom. The zero-order valence-electron chi connectivity index (χ0n) is 15.3. The Bertz CT molecular complexity index is 1320. The van der Waals surface area contributed by atoms with Crippen molar-refractivity contribution >= 4 is 25.8 Å². The van der Waals surface area contributed by atoms with Crippen LogP contribution >= 0.6 is 0 Å². The van der Waals surface area contributed by atoms with Gasteiger partial charge in [0, 0.05) is 0 Å². The van der Waals surface area contributed by atoms with Crippen LogP contribution in [0.15, 0.2) is 80.9 Å². The molecule has 0 aliphatic rings. The third-order valence-electron chi connectivity index (χ3n) is 3.89. The zero-order chi connectivity index (χ0) is 21.8. The van der Waals surface area contributed by atoms with E-state index in [-0.39, 0.29) is 26.9 Å². The average molecular weight is 445 g/mol. The average Bonchev–Trinajstić information content (AvgIpc) is 3.20. The lowest BCUT2D eigenvalue weighted by atomic mass is 10.2. The lowest BCUT2D eigenvalue weighted by molar-refractivity contribution is 0.0915. The second kappa shape index (κ2) is 8.50. The molecule has 0 aliphatic carbocycles. The minimum absolute atomic E-state index is 0.0218. The number of sulfone groups is 1. The number of sulfonamides is 1. The van der Waals surface area contributed by atoms with Crippen LogP contribution in [0.25, 0.3) is 0 Å². The molecule has 0 bridgehead atoms. The maximum absolute atomic E-state index is 12.4. The number of furan rings is 1. The lowest BCUT2D eigenvalue weighted by Gasteiger charge is -2.07. The lowest BCUT2D eigenvalue weighted by Crippen LogP contribution is -2.41. The summed E-state index contributed by atoms with van der Waals surface area (Å²) in [4.78, 5) is 14.0. The van der Waals surface area contributed by atoms with E-state index in [9.17, 15) is 21.6 Å². The van der Waals surface area contributed by atoms with Gasteiger partial charge in [0.1, 0.15) is 11.5 Å². The van der Waals surface area contributed by atoms with Gasteiger partial charge in [-0.2, -0.15) is 5.26 Å². The molecule has 2 aromatic carbocycles. The van der Waals surface area contributed by atoms with Crippen molar-refractivity contribution in [1.29, 1.82) is 5.26 Å². The summed E-state index contributed by atoms with van der Waals surface area (Å²) in [5.74, 6) is -1.63. The van der Waals surface area contributed by atoms with Crippen molar-refractivity contribution in [1.82, 2.24) is 10.3 Å². The first-order valence-electron chi connectivity index (χ1n) is 8.40. The summed E-state index contributed by atoms with van der Waals surface area (Å²) < 4.78 is 54.5. The molecule has 1 aromatic heterocycles. The highest BCUT2D eigenvalue weighted by molar-refractivity contribution is 7.90. The second-order valence-corrected chi connectivity index (χ2v) is 9.71. The number of nitrogens with one attached hydrogen (secondary N) is 2. The van der Waals surface area contributed by atoms with Crippen molar-refractivity contribution < 1.29 is 26.0 Å². The first kappa shape index (κ1) is 21.3. The van der Waals surface area contributed by atoms with Crippen LogP contribution < -0.4 is 10.3 Å². The van der Waals surface area contributed by atoms with Gasteiger partial charge >= 0.3 is 5.91 Å². The summed E-state index contributed by atoms with van der Waals surface area (Å²) in [7, 11) is -7.79. The van der Waals surface area contributed by atoms with Crippen LogP contribution in [-0.2, 0) is 25.6 Å². The standard InChI is InChI=1S/C19H15N3O6S2/c20-12-14-5-4-8-17(11-14)30(26,27)22-21-19(23)18-10-9-15(28-18)13-29(24,25)16-6-2-1-3-7-16/h1-11,22H,13H2,(H,21,23). The number of rotatable bonds is 7. The van der Waals surface area contributed by atoms with Gasteiger partial charge < -0.3 is 4.42 Å². The number of amides is 1. The molecule has 0 spiro atoms. The fourth-order valence-corrected chi connectivity index (χ4v) is 4.60. The Morgan fingerprint density at radius 3 is 2.33 bits per heavy atom. The van der Waals surface area contributed by atoms with Gasteiger partial charge in [0.05, 0.1) is 21.4 Å². The Kier molecular flexibility index (Phi) is 6.02. The molecule has 11 heteroatoms. The molecule has 0 radical (unpaired) electrons. The molecule has 2 N–H and O–H groups in total. The molecule has 30 heavy (non-hydrogen) atoms. The highest BCUT2D eigenvalue weighted by Gasteiger charge is 2.21. The SMILES string of the molecule is N#Cc1cccc(S(=O)(=O)NNC(=O)c2ccc(CS(=O)(=O)c3ccccc3)o2)c1. The Hall–Kier alpha value is -3.46. The predicted molar refractivity (Wildman–Crippen MR) is 105 cm³/mol. The molecule has 0 saturated carbocycles. The molecule has 3 aromatic rings. The molecule has 0 aliphatic heterocycles. The van der Waals surface area contributed by atoms with Crippen LogP contribution in [0.4, 0.5) is 0 Å². The zero-order valence-corrected chi connectivity index (χ0v) is 16.9. The van der Waals surface area contributed by atoms with Gasteiger partial charge in [-0.25, -0.2) is 16.8 Å². The van der Waals surface area contributed by atoms with E-state index in [4.69, 9.17) is 9.68 Å². The fraction of sp³-hybridized carbons (Fsp3) is 0.0526. The molecular weight excluding hydrogens is 430 g/mol. The molecule has 1 amide bonds. The number of carbonyl (C=O) groups excluding carboxylic acids is 1. The van der Waals surface area contributed by atoms with Gasteiger partial charge in [-0.3, -0.25) is 10.2 Å². The van der Waals surface area contributed by atoms with E-state index in [1.165, 1.54) is 42.5 Å². The van der Waals surface area contributed by atoms with Gasteiger partial charge in [-0.1, -0.05) is 24.3 Å². The van der Waals surface area contributed by atoms with E-state index in [1.807, 2.05) is 16.3 Å². The number of nitriles is 1. The van der Waals surface area contributed by atoms with E-state index in [1.54, 1.807) is 18.2 Å². The van der Waals surface area contributed by atoms with E-state index >= 15 is 0 Å². The first-order chi connectivity index (χ1) is 14.2. The van der Waals surface area contributed by atoms with Gasteiger partial charge in [0.2, 0.25) is 0 Å². The number of nitrogens with zero attached hydrogens (tertiary/aromatic N) is 1. The van der Waals surface area contributed by atoms with Gasteiger partial charge in [0.15, 0.2) is 15.6 Å². The highest BCUT2D eigenvalue weighted by atomic mass is 32.2. The molecule has 9 nitrogen and oxygen atoms in total. The maximum Gasteiger partial charge on any atom is 0.301 e. The number of hydrazine groups is 1. The number of benzene rings is 2. The van der Waals surface area contributed by atoms with Crippen molar-refractivity contribution in [3.63, 3.8) is 0 Å². The molecule has 3 rings (SSSR count). The fourth-order valence-electron chi connectivity index (χ4n) is 2.44. The summed E-state index contributed by atoms with van der Waals surface area (Å²) in [5.41, 5.74) is 2.12. The van der Waals surface area contributed by atoms with Gasteiger partial charge in [-0.15, -0.1) is 4.83 Å². The minimum atomic E-state index is -4.12. The molecule has 0 unspecified atom stereocenters. The van der Waals surface area contributed by atoms with Crippen LogP contribution in [-0.4, -0.2) is 22.7 Å². The topological polar surface area (TPSA) is 146 Å². The van der Waals surface area contributed by atoms with Crippen molar-refractivity contribution in [3.8, 4) is 6.07 Å². The normalized spacial score (nSPS) is 11.6. The Labute approximate surface area is 172 Å².